The zero-order valence-corrected chi connectivity index (χ0v) is 10.2. The molecule has 14 heavy (non-hydrogen) atoms. The van der Waals surface area contributed by atoms with E-state index in [9.17, 15) is 0 Å². The maximum absolute atomic E-state index is 5.78. The molecule has 0 spiro atoms. The van der Waals surface area contributed by atoms with Crippen molar-refractivity contribution >= 4 is 22.9 Å². The number of hydrogen-bond donors (Lipinski definition) is 0. The monoisotopic (exact) mass is 230 g/mol. The Morgan fingerprint density at radius 3 is 3.00 bits per heavy atom. The number of alkyl halides is 1. The second kappa shape index (κ2) is 4.17. The van der Waals surface area contributed by atoms with Crippen molar-refractivity contribution in [2.45, 2.75) is 38.7 Å². The van der Waals surface area contributed by atoms with E-state index in [-0.39, 0.29) is 0 Å². The lowest BCUT2D eigenvalue weighted by molar-refractivity contribution is 0.205. The van der Waals surface area contributed by atoms with E-state index < -0.39 is 0 Å². The highest BCUT2D eigenvalue weighted by molar-refractivity contribution is 7.11. The highest BCUT2D eigenvalue weighted by atomic mass is 35.5. The van der Waals surface area contributed by atoms with Crippen LogP contribution in [0.1, 0.15) is 29.4 Å². The Bertz CT molecular complexity index is 322. The zero-order valence-electron chi connectivity index (χ0n) is 8.59. The summed E-state index contributed by atoms with van der Waals surface area (Å²) in [6.45, 7) is 6.68. The molecule has 1 aromatic rings. The SMILES string of the molecule is CC(C)N1CCc2nc(CCl)sc2C1. The number of nitrogens with zero attached hydrogens (tertiary/aromatic N) is 2. The van der Waals surface area contributed by atoms with Gasteiger partial charge in [0.1, 0.15) is 5.01 Å². The minimum Gasteiger partial charge on any atom is -0.295 e. The van der Waals surface area contributed by atoms with Crippen molar-refractivity contribution < 1.29 is 0 Å². The molecule has 0 saturated heterocycles. The topological polar surface area (TPSA) is 16.1 Å². The summed E-state index contributed by atoms with van der Waals surface area (Å²) in [5.41, 5.74) is 1.28. The minimum absolute atomic E-state index is 0.555. The lowest BCUT2D eigenvalue weighted by Crippen LogP contribution is -2.35. The van der Waals surface area contributed by atoms with Crippen LogP contribution in [0.15, 0.2) is 0 Å². The van der Waals surface area contributed by atoms with Gasteiger partial charge in [0.15, 0.2) is 0 Å². The van der Waals surface area contributed by atoms with E-state index in [2.05, 4.69) is 23.7 Å². The summed E-state index contributed by atoms with van der Waals surface area (Å²) in [6.07, 6.45) is 1.08. The first-order valence-corrected chi connectivity index (χ1v) is 6.33. The van der Waals surface area contributed by atoms with Crippen molar-refractivity contribution in [2.75, 3.05) is 6.54 Å². The van der Waals surface area contributed by atoms with Crippen molar-refractivity contribution in [3.8, 4) is 0 Å². The van der Waals surface area contributed by atoms with Gasteiger partial charge in [-0.15, -0.1) is 22.9 Å². The van der Waals surface area contributed by atoms with Crippen LogP contribution in [-0.4, -0.2) is 22.5 Å². The maximum Gasteiger partial charge on any atom is 0.108 e. The molecule has 2 rings (SSSR count). The quantitative estimate of drug-likeness (QED) is 0.727. The van der Waals surface area contributed by atoms with Crippen LogP contribution in [0.5, 0.6) is 0 Å². The van der Waals surface area contributed by atoms with Gasteiger partial charge in [0.25, 0.3) is 0 Å². The molecule has 0 aromatic carbocycles. The van der Waals surface area contributed by atoms with Gasteiger partial charge in [0, 0.05) is 30.4 Å². The van der Waals surface area contributed by atoms with Crippen LogP contribution in [0.25, 0.3) is 0 Å². The average Bonchev–Trinajstić information content (AvgIpc) is 2.58. The van der Waals surface area contributed by atoms with Gasteiger partial charge >= 0.3 is 0 Å². The molecule has 0 N–H and O–H groups in total. The third-order valence-electron chi connectivity index (χ3n) is 2.65. The molecule has 0 fully saturated rings. The van der Waals surface area contributed by atoms with E-state index >= 15 is 0 Å². The Labute approximate surface area is 93.9 Å². The summed E-state index contributed by atoms with van der Waals surface area (Å²) in [5, 5.41) is 1.07. The van der Waals surface area contributed by atoms with Gasteiger partial charge in [-0.2, -0.15) is 0 Å². The Morgan fingerprint density at radius 1 is 1.57 bits per heavy atom. The smallest absolute Gasteiger partial charge is 0.108 e. The van der Waals surface area contributed by atoms with Crippen LogP contribution in [0.3, 0.4) is 0 Å². The fourth-order valence-corrected chi connectivity index (χ4v) is 2.98. The van der Waals surface area contributed by atoms with E-state index in [0.717, 1.165) is 24.5 Å². The van der Waals surface area contributed by atoms with E-state index in [0.29, 0.717) is 11.9 Å². The van der Waals surface area contributed by atoms with Crippen LogP contribution in [0.4, 0.5) is 0 Å². The molecular formula is C10H15ClN2S. The van der Waals surface area contributed by atoms with Gasteiger partial charge in [0.2, 0.25) is 0 Å². The van der Waals surface area contributed by atoms with Crippen LogP contribution in [0, 0.1) is 0 Å². The number of hydrogen-bond acceptors (Lipinski definition) is 3. The largest absolute Gasteiger partial charge is 0.295 e. The molecule has 0 amide bonds. The fraction of sp³-hybridized carbons (Fsp3) is 0.700. The van der Waals surface area contributed by atoms with Crippen molar-refractivity contribution in [1.29, 1.82) is 0 Å². The van der Waals surface area contributed by atoms with Gasteiger partial charge in [-0.3, -0.25) is 4.90 Å². The highest BCUT2D eigenvalue weighted by Crippen LogP contribution is 2.26. The normalized spacial score (nSPS) is 17.4. The van der Waals surface area contributed by atoms with E-state index in [1.54, 1.807) is 11.3 Å². The van der Waals surface area contributed by atoms with Crippen LogP contribution < -0.4 is 0 Å². The molecule has 0 aliphatic carbocycles. The molecule has 1 aromatic heterocycles. The first-order valence-electron chi connectivity index (χ1n) is 4.98. The van der Waals surface area contributed by atoms with Crippen LogP contribution in [-0.2, 0) is 18.8 Å². The molecule has 78 valence electrons. The number of halogens is 1. The average molecular weight is 231 g/mol. The van der Waals surface area contributed by atoms with Crippen LogP contribution in [0.2, 0.25) is 0 Å². The van der Waals surface area contributed by atoms with Crippen LogP contribution >= 0.6 is 22.9 Å². The zero-order chi connectivity index (χ0) is 10.1. The standard InChI is InChI=1S/C10H15ClN2S/c1-7(2)13-4-3-8-9(6-13)14-10(5-11)12-8/h7H,3-6H2,1-2H3. The van der Waals surface area contributed by atoms with Crippen molar-refractivity contribution in [3.05, 3.63) is 15.6 Å². The summed E-state index contributed by atoms with van der Waals surface area (Å²) < 4.78 is 0. The molecule has 2 nitrogen and oxygen atoms in total. The van der Waals surface area contributed by atoms with Gasteiger partial charge in [-0.1, -0.05) is 0 Å². The van der Waals surface area contributed by atoms with Crippen molar-refractivity contribution in [2.24, 2.45) is 0 Å². The van der Waals surface area contributed by atoms with Crippen molar-refractivity contribution in [3.63, 3.8) is 0 Å². The molecule has 2 heterocycles. The number of rotatable bonds is 2. The molecule has 4 heteroatoms. The summed E-state index contributed by atoms with van der Waals surface area (Å²) in [5.74, 6) is 0.555. The Morgan fingerprint density at radius 2 is 2.36 bits per heavy atom. The Hall–Kier alpha value is -0.120. The second-order valence-electron chi connectivity index (χ2n) is 3.93. The van der Waals surface area contributed by atoms with Gasteiger partial charge in [-0.05, 0) is 13.8 Å². The van der Waals surface area contributed by atoms with E-state index in [1.807, 2.05) is 0 Å². The summed E-state index contributed by atoms with van der Waals surface area (Å²) in [4.78, 5) is 8.42. The fourth-order valence-electron chi connectivity index (χ4n) is 1.77. The minimum atomic E-state index is 0.555. The first-order chi connectivity index (χ1) is 6.70. The second-order valence-corrected chi connectivity index (χ2v) is 5.36. The number of aromatic nitrogens is 1. The van der Waals surface area contributed by atoms with Gasteiger partial charge in [0.05, 0.1) is 11.6 Å². The third kappa shape index (κ3) is 1.95. The maximum atomic E-state index is 5.78. The summed E-state index contributed by atoms with van der Waals surface area (Å²) in [6, 6.07) is 0.629. The van der Waals surface area contributed by atoms with E-state index in [1.165, 1.54) is 10.6 Å². The molecule has 0 bridgehead atoms. The molecule has 0 saturated carbocycles. The summed E-state index contributed by atoms with van der Waals surface area (Å²) >= 11 is 7.55. The molecule has 0 unspecified atom stereocenters. The summed E-state index contributed by atoms with van der Waals surface area (Å²) in [7, 11) is 0. The number of fused-ring (bicyclic) bond motifs is 1. The molecule has 1 aliphatic rings. The lowest BCUT2D eigenvalue weighted by atomic mass is 10.1. The third-order valence-corrected chi connectivity index (χ3v) is 4.14. The van der Waals surface area contributed by atoms with E-state index in [4.69, 9.17) is 11.6 Å². The Kier molecular flexibility index (Phi) is 3.10. The van der Waals surface area contributed by atoms with Crippen molar-refractivity contribution in [1.82, 2.24) is 9.88 Å². The highest BCUT2D eigenvalue weighted by Gasteiger charge is 2.21. The predicted molar refractivity (Wildman–Crippen MR) is 60.9 cm³/mol. The molecule has 1 aliphatic heterocycles. The molecule has 0 radical (unpaired) electrons. The first kappa shape index (κ1) is 10.4. The van der Waals surface area contributed by atoms with Gasteiger partial charge in [-0.25, -0.2) is 4.98 Å². The Balaban J connectivity index is 2.17. The van der Waals surface area contributed by atoms with Gasteiger partial charge < -0.3 is 0 Å². The molecular weight excluding hydrogens is 216 g/mol. The number of thiazole rings is 1. The lowest BCUT2D eigenvalue weighted by Gasteiger charge is -2.29. The molecule has 0 atom stereocenters. The predicted octanol–water partition coefficient (Wildman–Crippen LogP) is 2.65.